The van der Waals surface area contributed by atoms with Gasteiger partial charge in [-0.15, -0.1) is 0 Å². The predicted octanol–water partition coefficient (Wildman–Crippen LogP) is 3.88. The Morgan fingerprint density at radius 2 is 1.75 bits per heavy atom. The molecule has 2 heteroatoms. The molecule has 2 aromatic carbocycles. The first kappa shape index (κ1) is 14.4. The lowest BCUT2D eigenvalue weighted by molar-refractivity contribution is 0.410. The van der Waals surface area contributed by atoms with E-state index in [1.807, 2.05) is 36.4 Å². The molecule has 0 aliphatic heterocycles. The second-order valence-corrected chi connectivity index (χ2v) is 4.96. The van der Waals surface area contributed by atoms with E-state index in [9.17, 15) is 0 Å². The van der Waals surface area contributed by atoms with Crippen LogP contribution >= 0.6 is 0 Å². The molecule has 2 nitrogen and oxygen atoms in total. The quantitative estimate of drug-likeness (QED) is 0.806. The van der Waals surface area contributed by atoms with Gasteiger partial charge in [-0.25, -0.2) is 0 Å². The van der Waals surface area contributed by atoms with E-state index >= 15 is 0 Å². The van der Waals surface area contributed by atoms with Gasteiger partial charge in [0.25, 0.3) is 0 Å². The summed E-state index contributed by atoms with van der Waals surface area (Å²) in [5.74, 6) is 0.905. The summed E-state index contributed by atoms with van der Waals surface area (Å²) >= 11 is 0. The van der Waals surface area contributed by atoms with E-state index in [0.717, 1.165) is 35.3 Å². The maximum atomic E-state index is 6.23. The van der Waals surface area contributed by atoms with Crippen LogP contribution in [0.15, 0.2) is 66.7 Å². The number of methoxy groups -OCH3 is 1. The second-order valence-electron chi connectivity index (χ2n) is 4.96. The van der Waals surface area contributed by atoms with Crippen LogP contribution in [-0.4, -0.2) is 7.11 Å². The number of benzene rings is 2. The zero-order chi connectivity index (χ0) is 14.4. The third-order valence-electron chi connectivity index (χ3n) is 3.37. The van der Waals surface area contributed by atoms with Gasteiger partial charge in [-0.1, -0.05) is 60.7 Å². The molecule has 0 fully saturated rings. The minimum atomic E-state index is -0.00147. The summed E-state index contributed by atoms with van der Waals surface area (Å²) in [5.41, 5.74) is 9.64. The molecule has 0 aromatic heterocycles. The van der Waals surface area contributed by atoms with Gasteiger partial charge < -0.3 is 10.5 Å². The molecule has 20 heavy (non-hydrogen) atoms. The molecule has 2 N–H and O–H groups in total. The maximum Gasteiger partial charge on any atom is 0.122 e. The van der Waals surface area contributed by atoms with E-state index in [2.05, 4.69) is 24.8 Å². The van der Waals surface area contributed by atoms with E-state index in [-0.39, 0.29) is 6.04 Å². The predicted molar refractivity (Wildman–Crippen MR) is 83.8 cm³/mol. The van der Waals surface area contributed by atoms with Crippen molar-refractivity contribution in [2.24, 2.45) is 5.73 Å². The van der Waals surface area contributed by atoms with Crippen LogP contribution in [0.4, 0.5) is 0 Å². The summed E-state index contributed by atoms with van der Waals surface area (Å²) in [7, 11) is 1.69. The molecule has 2 aromatic rings. The molecule has 0 saturated heterocycles. The van der Waals surface area contributed by atoms with Gasteiger partial charge in [0.15, 0.2) is 0 Å². The Morgan fingerprint density at radius 3 is 2.45 bits per heavy atom. The topological polar surface area (TPSA) is 35.2 Å². The van der Waals surface area contributed by atoms with Gasteiger partial charge in [0.05, 0.1) is 7.11 Å². The fourth-order valence-corrected chi connectivity index (χ4v) is 2.32. The summed E-state index contributed by atoms with van der Waals surface area (Å²) in [4.78, 5) is 0. The van der Waals surface area contributed by atoms with E-state index in [1.54, 1.807) is 7.11 Å². The standard InChI is InChI=1S/C18H21NO/c1-14(12-16-10-6-7-11-18(16)20-2)13-17(19)15-8-4-3-5-9-15/h3-11,17H,1,12-13,19H2,2H3. The van der Waals surface area contributed by atoms with Gasteiger partial charge in [0.2, 0.25) is 0 Å². The molecule has 1 unspecified atom stereocenters. The van der Waals surface area contributed by atoms with Crippen LogP contribution < -0.4 is 10.5 Å². The third kappa shape index (κ3) is 3.72. The molecule has 0 saturated carbocycles. The number of ether oxygens (including phenoxy) is 1. The van der Waals surface area contributed by atoms with Crippen LogP contribution in [0.3, 0.4) is 0 Å². The van der Waals surface area contributed by atoms with Gasteiger partial charge in [-0.3, -0.25) is 0 Å². The summed E-state index contributed by atoms with van der Waals surface area (Å²) in [6.45, 7) is 4.16. The van der Waals surface area contributed by atoms with E-state index < -0.39 is 0 Å². The van der Waals surface area contributed by atoms with Crippen molar-refractivity contribution >= 4 is 0 Å². The van der Waals surface area contributed by atoms with Gasteiger partial charge in [0.1, 0.15) is 5.75 Å². The fraction of sp³-hybridized carbons (Fsp3) is 0.222. The molecule has 0 radical (unpaired) electrons. The first-order chi connectivity index (χ1) is 9.70. The Labute approximate surface area is 120 Å². The summed E-state index contributed by atoms with van der Waals surface area (Å²) in [5, 5.41) is 0. The van der Waals surface area contributed by atoms with Crippen molar-refractivity contribution < 1.29 is 4.74 Å². The highest BCUT2D eigenvalue weighted by Crippen LogP contribution is 2.24. The van der Waals surface area contributed by atoms with E-state index in [1.165, 1.54) is 0 Å². The molecule has 0 heterocycles. The van der Waals surface area contributed by atoms with Crippen LogP contribution in [0.5, 0.6) is 5.75 Å². The SMILES string of the molecule is C=C(Cc1ccccc1OC)CC(N)c1ccccc1. The highest BCUT2D eigenvalue weighted by molar-refractivity contribution is 5.36. The Bertz CT molecular complexity index is 563. The molecular weight excluding hydrogens is 246 g/mol. The van der Waals surface area contributed by atoms with Crippen LogP contribution in [0, 0.1) is 0 Å². The van der Waals surface area contributed by atoms with Crippen LogP contribution in [-0.2, 0) is 6.42 Å². The number of hydrogen-bond acceptors (Lipinski definition) is 2. The van der Waals surface area contributed by atoms with E-state index in [0.29, 0.717) is 0 Å². The highest BCUT2D eigenvalue weighted by atomic mass is 16.5. The first-order valence-corrected chi connectivity index (χ1v) is 6.79. The molecule has 104 valence electrons. The first-order valence-electron chi connectivity index (χ1n) is 6.79. The number of para-hydroxylation sites is 1. The fourth-order valence-electron chi connectivity index (χ4n) is 2.32. The smallest absolute Gasteiger partial charge is 0.122 e. The number of rotatable bonds is 6. The molecule has 0 spiro atoms. The zero-order valence-corrected chi connectivity index (χ0v) is 11.9. The molecule has 1 atom stereocenters. The number of hydrogen-bond donors (Lipinski definition) is 1. The largest absolute Gasteiger partial charge is 0.496 e. The lowest BCUT2D eigenvalue weighted by Gasteiger charge is -2.15. The Hall–Kier alpha value is -2.06. The van der Waals surface area contributed by atoms with Gasteiger partial charge in [-0.2, -0.15) is 0 Å². The van der Waals surface area contributed by atoms with Gasteiger partial charge in [-0.05, 0) is 30.0 Å². The minimum Gasteiger partial charge on any atom is -0.496 e. The van der Waals surface area contributed by atoms with Crippen molar-refractivity contribution in [3.8, 4) is 5.75 Å². The highest BCUT2D eigenvalue weighted by Gasteiger charge is 2.09. The molecule has 0 aliphatic carbocycles. The normalized spacial score (nSPS) is 11.9. The van der Waals surface area contributed by atoms with E-state index in [4.69, 9.17) is 10.5 Å². The minimum absolute atomic E-state index is 0.00147. The second kappa shape index (κ2) is 6.92. The Kier molecular flexibility index (Phi) is 4.97. The monoisotopic (exact) mass is 267 g/mol. The Morgan fingerprint density at radius 1 is 1.10 bits per heavy atom. The van der Waals surface area contributed by atoms with Crippen molar-refractivity contribution in [3.63, 3.8) is 0 Å². The van der Waals surface area contributed by atoms with Gasteiger partial charge in [0, 0.05) is 6.04 Å². The van der Waals surface area contributed by atoms with Crippen molar-refractivity contribution in [2.75, 3.05) is 7.11 Å². The number of nitrogens with two attached hydrogens (primary N) is 1. The van der Waals surface area contributed by atoms with Crippen LogP contribution in [0.25, 0.3) is 0 Å². The lowest BCUT2D eigenvalue weighted by atomic mass is 9.96. The van der Waals surface area contributed by atoms with Gasteiger partial charge >= 0.3 is 0 Å². The lowest BCUT2D eigenvalue weighted by Crippen LogP contribution is -2.11. The van der Waals surface area contributed by atoms with Crippen molar-refractivity contribution in [1.29, 1.82) is 0 Å². The molecule has 0 aliphatic rings. The van der Waals surface area contributed by atoms with Crippen LogP contribution in [0.1, 0.15) is 23.6 Å². The van der Waals surface area contributed by atoms with Crippen LogP contribution in [0.2, 0.25) is 0 Å². The molecular formula is C18H21NO. The Balaban J connectivity index is 1.99. The summed E-state index contributed by atoms with van der Waals surface area (Å²) in [6.07, 6.45) is 1.58. The summed E-state index contributed by atoms with van der Waals surface area (Å²) in [6, 6.07) is 18.2. The zero-order valence-electron chi connectivity index (χ0n) is 11.9. The third-order valence-corrected chi connectivity index (χ3v) is 3.37. The molecule has 2 rings (SSSR count). The van der Waals surface area contributed by atoms with Crippen molar-refractivity contribution in [1.82, 2.24) is 0 Å². The average molecular weight is 267 g/mol. The van der Waals surface area contributed by atoms with Crippen molar-refractivity contribution in [2.45, 2.75) is 18.9 Å². The van der Waals surface area contributed by atoms with Crippen molar-refractivity contribution in [3.05, 3.63) is 77.9 Å². The summed E-state index contributed by atoms with van der Waals surface area (Å²) < 4.78 is 5.36. The maximum absolute atomic E-state index is 6.23. The average Bonchev–Trinajstić information content (AvgIpc) is 2.48. The molecule has 0 bridgehead atoms. The molecule has 0 amide bonds.